The van der Waals surface area contributed by atoms with Gasteiger partial charge in [0, 0.05) is 36.3 Å². The lowest BCUT2D eigenvalue weighted by Crippen LogP contribution is -2.31. The first-order valence-electron chi connectivity index (χ1n) is 9.10. The molecule has 0 aliphatic carbocycles. The topological polar surface area (TPSA) is 94.0 Å². The number of fused-ring (bicyclic) bond motifs is 1. The Kier molecular flexibility index (Phi) is 5.39. The summed E-state index contributed by atoms with van der Waals surface area (Å²) in [6.45, 7) is 0.107. The maximum atomic E-state index is 13.0. The molecule has 0 fully saturated rings. The summed E-state index contributed by atoms with van der Waals surface area (Å²) in [6.07, 6.45) is 2.88. The minimum atomic E-state index is -3.81. The van der Waals surface area contributed by atoms with Crippen LogP contribution in [0.15, 0.2) is 82.9 Å². The first kappa shape index (κ1) is 19.9. The standard InChI is InChI=1S/C21H17FN4O3S/c22-17-8-6-15(7-9-17)18-13-20(27)26(14-24-18)12-11-25-30(28,29)19-5-1-3-16-4-2-10-23-21(16)19/h1-10,13-14,25H,11-12H2. The first-order valence-corrected chi connectivity index (χ1v) is 10.6. The average molecular weight is 424 g/mol. The second kappa shape index (κ2) is 8.13. The molecule has 0 aliphatic heterocycles. The van der Waals surface area contributed by atoms with E-state index >= 15 is 0 Å². The molecule has 2 heterocycles. The molecule has 2 aromatic heterocycles. The smallest absolute Gasteiger partial charge is 0.253 e. The number of nitrogens with one attached hydrogen (secondary N) is 1. The summed E-state index contributed by atoms with van der Waals surface area (Å²) >= 11 is 0. The average Bonchev–Trinajstić information content (AvgIpc) is 2.75. The van der Waals surface area contributed by atoms with Crippen LogP contribution in [-0.2, 0) is 16.6 Å². The monoisotopic (exact) mass is 424 g/mol. The highest BCUT2D eigenvalue weighted by Gasteiger charge is 2.17. The molecule has 0 atom stereocenters. The molecule has 2 aromatic carbocycles. The molecule has 0 spiro atoms. The fourth-order valence-corrected chi connectivity index (χ4v) is 4.24. The van der Waals surface area contributed by atoms with Crippen molar-refractivity contribution in [2.75, 3.05) is 6.54 Å². The zero-order valence-electron chi connectivity index (χ0n) is 15.7. The number of benzene rings is 2. The number of hydrogen-bond acceptors (Lipinski definition) is 5. The van der Waals surface area contributed by atoms with Gasteiger partial charge in [-0.3, -0.25) is 14.3 Å². The van der Waals surface area contributed by atoms with Gasteiger partial charge in [0.1, 0.15) is 10.7 Å². The molecule has 0 saturated heterocycles. The van der Waals surface area contributed by atoms with Crippen molar-refractivity contribution in [3.8, 4) is 11.3 Å². The van der Waals surface area contributed by atoms with Crippen molar-refractivity contribution in [3.63, 3.8) is 0 Å². The summed E-state index contributed by atoms with van der Waals surface area (Å²) in [7, 11) is -3.81. The van der Waals surface area contributed by atoms with Gasteiger partial charge in [-0.1, -0.05) is 18.2 Å². The van der Waals surface area contributed by atoms with Gasteiger partial charge >= 0.3 is 0 Å². The molecule has 152 valence electrons. The Hall–Kier alpha value is -3.43. The van der Waals surface area contributed by atoms with Gasteiger partial charge in [0.15, 0.2) is 0 Å². The number of rotatable bonds is 6. The van der Waals surface area contributed by atoms with Gasteiger partial charge in [0.25, 0.3) is 5.56 Å². The lowest BCUT2D eigenvalue weighted by Gasteiger charge is -2.10. The Morgan fingerprint density at radius 3 is 2.53 bits per heavy atom. The number of para-hydroxylation sites is 1. The zero-order chi connectivity index (χ0) is 21.1. The predicted octanol–water partition coefficient (Wildman–Crippen LogP) is 2.58. The number of nitrogens with zero attached hydrogens (tertiary/aromatic N) is 3. The number of aromatic nitrogens is 3. The van der Waals surface area contributed by atoms with E-state index in [0.29, 0.717) is 16.8 Å². The van der Waals surface area contributed by atoms with Gasteiger partial charge in [0.2, 0.25) is 10.0 Å². The van der Waals surface area contributed by atoms with Crippen LogP contribution < -0.4 is 10.3 Å². The van der Waals surface area contributed by atoms with Crippen molar-refractivity contribution in [2.24, 2.45) is 0 Å². The van der Waals surface area contributed by atoms with Crippen molar-refractivity contribution in [1.82, 2.24) is 19.3 Å². The van der Waals surface area contributed by atoms with Crippen molar-refractivity contribution in [2.45, 2.75) is 11.4 Å². The fraction of sp³-hybridized carbons (Fsp3) is 0.0952. The van der Waals surface area contributed by atoms with Gasteiger partial charge < -0.3 is 0 Å². The van der Waals surface area contributed by atoms with Crippen molar-refractivity contribution >= 4 is 20.9 Å². The number of halogens is 1. The van der Waals surface area contributed by atoms with E-state index in [9.17, 15) is 17.6 Å². The maximum Gasteiger partial charge on any atom is 0.253 e. The molecular formula is C21H17FN4O3S. The summed E-state index contributed by atoms with van der Waals surface area (Å²) in [5, 5.41) is 0.720. The maximum absolute atomic E-state index is 13.0. The van der Waals surface area contributed by atoms with Crippen LogP contribution in [0.4, 0.5) is 4.39 Å². The number of sulfonamides is 1. The molecule has 0 radical (unpaired) electrons. The Morgan fingerprint density at radius 2 is 1.77 bits per heavy atom. The SMILES string of the molecule is O=c1cc(-c2ccc(F)cc2)ncn1CCNS(=O)(=O)c1cccc2cccnc12. The van der Waals surface area contributed by atoms with E-state index in [1.54, 1.807) is 24.3 Å². The van der Waals surface area contributed by atoms with Gasteiger partial charge in [-0.15, -0.1) is 0 Å². The Labute approximate surface area is 171 Å². The van der Waals surface area contributed by atoms with Crippen LogP contribution in [-0.4, -0.2) is 29.5 Å². The molecule has 7 nitrogen and oxygen atoms in total. The van der Waals surface area contributed by atoms with Crippen LogP contribution in [0.1, 0.15) is 0 Å². The predicted molar refractivity (Wildman–Crippen MR) is 111 cm³/mol. The number of pyridine rings is 1. The third-order valence-corrected chi connectivity index (χ3v) is 6.04. The lowest BCUT2D eigenvalue weighted by atomic mass is 10.1. The summed E-state index contributed by atoms with van der Waals surface area (Å²) in [6, 6.07) is 15.4. The quantitative estimate of drug-likeness (QED) is 0.513. The van der Waals surface area contributed by atoms with Gasteiger partial charge in [-0.2, -0.15) is 0 Å². The van der Waals surface area contributed by atoms with E-state index in [1.165, 1.54) is 53.5 Å². The van der Waals surface area contributed by atoms with Crippen molar-refractivity contribution in [3.05, 3.63) is 89.4 Å². The van der Waals surface area contributed by atoms with Gasteiger partial charge in [0.05, 0.1) is 17.5 Å². The molecule has 4 rings (SSSR count). The second-order valence-electron chi connectivity index (χ2n) is 6.54. The first-order chi connectivity index (χ1) is 14.4. The molecule has 0 bridgehead atoms. The highest BCUT2D eigenvalue weighted by molar-refractivity contribution is 7.89. The van der Waals surface area contributed by atoms with Crippen LogP contribution in [0.2, 0.25) is 0 Å². The molecule has 4 aromatic rings. The molecule has 0 amide bonds. The second-order valence-corrected chi connectivity index (χ2v) is 8.28. The summed E-state index contributed by atoms with van der Waals surface area (Å²) in [4.78, 5) is 20.8. The molecular weight excluding hydrogens is 407 g/mol. The van der Waals surface area contributed by atoms with E-state index in [4.69, 9.17) is 0 Å². The summed E-state index contributed by atoms with van der Waals surface area (Å²) in [5.41, 5.74) is 1.08. The normalized spacial score (nSPS) is 11.6. The highest BCUT2D eigenvalue weighted by Crippen LogP contribution is 2.20. The van der Waals surface area contributed by atoms with Crippen LogP contribution in [0.5, 0.6) is 0 Å². The van der Waals surface area contributed by atoms with Crippen molar-refractivity contribution in [1.29, 1.82) is 0 Å². The molecule has 0 unspecified atom stereocenters. The van der Waals surface area contributed by atoms with E-state index in [1.807, 2.05) is 0 Å². The minimum Gasteiger partial charge on any atom is -0.298 e. The van der Waals surface area contributed by atoms with Crippen LogP contribution in [0, 0.1) is 5.82 Å². The van der Waals surface area contributed by atoms with E-state index < -0.39 is 10.0 Å². The van der Waals surface area contributed by atoms with Gasteiger partial charge in [-0.05, 0) is 36.4 Å². The largest absolute Gasteiger partial charge is 0.298 e. The molecule has 30 heavy (non-hydrogen) atoms. The van der Waals surface area contributed by atoms with Crippen molar-refractivity contribution < 1.29 is 12.8 Å². The fourth-order valence-electron chi connectivity index (χ4n) is 3.04. The third kappa shape index (κ3) is 4.12. The molecule has 1 N–H and O–H groups in total. The van der Waals surface area contributed by atoms with Gasteiger partial charge in [-0.25, -0.2) is 22.5 Å². The number of hydrogen-bond donors (Lipinski definition) is 1. The Bertz CT molecular complexity index is 1360. The summed E-state index contributed by atoms with van der Waals surface area (Å²) in [5.74, 6) is -0.374. The molecule has 0 saturated carbocycles. The van der Waals surface area contributed by atoms with Crippen LogP contribution in [0.25, 0.3) is 22.2 Å². The Morgan fingerprint density at radius 1 is 1.00 bits per heavy atom. The van der Waals surface area contributed by atoms with Crippen LogP contribution >= 0.6 is 0 Å². The molecule has 0 aliphatic rings. The van der Waals surface area contributed by atoms with E-state index in [-0.39, 0.29) is 29.4 Å². The summed E-state index contributed by atoms with van der Waals surface area (Å²) < 4.78 is 42.3. The van der Waals surface area contributed by atoms with E-state index in [2.05, 4.69) is 14.7 Å². The highest BCUT2D eigenvalue weighted by atomic mass is 32.2. The zero-order valence-corrected chi connectivity index (χ0v) is 16.5. The van der Waals surface area contributed by atoms with Crippen LogP contribution in [0.3, 0.4) is 0 Å². The van der Waals surface area contributed by atoms with E-state index in [0.717, 1.165) is 5.39 Å². The molecule has 9 heteroatoms. The lowest BCUT2D eigenvalue weighted by molar-refractivity contribution is 0.569. The Balaban J connectivity index is 1.48. The third-order valence-electron chi connectivity index (χ3n) is 4.55. The minimum absolute atomic E-state index is 0.00301.